The van der Waals surface area contributed by atoms with Crippen LogP contribution in [0.1, 0.15) is 27.7 Å². The van der Waals surface area contributed by atoms with Gasteiger partial charge in [0, 0.05) is 38.9 Å². The summed E-state index contributed by atoms with van der Waals surface area (Å²) >= 11 is 0. The molecule has 152 valence electrons. The van der Waals surface area contributed by atoms with E-state index in [-0.39, 0.29) is 34.2 Å². The first-order valence-corrected chi connectivity index (χ1v) is 4.99. The van der Waals surface area contributed by atoms with Crippen molar-refractivity contribution in [1.29, 1.82) is 0 Å². The Morgan fingerprint density at radius 2 is 0.792 bits per heavy atom. The molecule has 0 spiro atoms. The van der Waals surface area contributed by atoms with Crippen molar-refractivity contribution in [2.75, 3.05) is 13.1 Å². The predicted molar refractivity (Wildman–Crippen MR) is 78.3 cm³/mol. The second kappa shape index (κ2) is 58.1. The number of aliphatic carboxylic acids is 4. The van der Waals surface area contributed by atoms with E-state index >= 15 is 0 Å². The van der Waals surface area contributed by atoms with Crippen molar-refractivity contribution >= 4 is 23.9 Å². The summed E-state index contributed by atoms with van der Waals surface area (Å²) in [7, 11) is 0. The summed E-state index contributed by atoms with van der Waals surface area (Å²) in [6.07, 6.45) is 0. The monoisotopic (exact) mass is 407 g/mol. The zero-order valence-corrected chi connectivity index (χ0v) is 15.1. The van der Waals surface area contributed by atoms with E-state index in [1.165, 1.54) is 0 Å². The standard InChI is InChI=1S/C2H8N2.4C2H4O2.Fe.H3N.2H2O/c3-1-2-4;4*1-2(3)4;;;;/h1-4H2;4*1H3,(H,3,4);;1H3;2*1H2/q;;;;;+2;;;/p-2. The quantitative estimate of drug-likeness (QED) is 0.256. The Morgan fingerprint density at radius 1 is 0.750 bits per heavy atom. The van der Waals surface area contributed by atoms with E-state index in [4.69, 9.17) is 51.1 Å². The van der Waals surface area contributed by atoms with E-state index in [0.29, 0.717) is 13.1 Å². The SMILES string of the molecule is CC(=O)O.CC(=O)O.CC(=O)[O-].CC(=O)[O-].N.NCCN.O.O.[Fe+2]. The van der Waals surface area contributed by atoms with Crippen molar-refractivity contribution in [3.8, 4) is 0 Å². The Labute approximate surface area is 150 Å². The van der Waals surface area contributed by atoms with Gasteiger partial charge in [0.05, 0.1) is 0 Å². The summed E-state index contributed by atoms with van der Waals surface area (Å²) in [6, 6.07) is 0. The molecule has 24 heavy (non-hydrogen) atoms. The minimum atomic E-state index is -1.08. The number of rotatable bonds is 1. The molecule has 0 saturated carbocycles. The van der Waals surface area contributed by atoms with Gasteiger partial charge in [-0.3, -0.25) is 9.59 Å². The Morgan fingerprint density at radius 3 is 0.792 bits per heavy atom. The molecule has 0 aromatic carbocycles. The summed E-state index contributed by atoms with van der Waals surface area (Å²) < 4.78 is 0. The predicted octanol–water partition coefficient (Wildman–Crippen LogP) is -4.89. The van der Waals surface area contributed by atoms with Crippen molar-refractivity contribution in [2.24, 2.45) is 11.5 Å². The first-order valence-electron chi connectivity index (χ1n) is 4.99. The van der Waals surface area contributed by atoms with E-state index in [0.717, 1.165) is 27.7 Å². The number of carboxylic acids is 4. The normalized spacial score (nSPS) is 5.42. The van der Waals surface area contributed by atoms with Gasteiger partial charge in [-0.15, -0.1) is 0 Å². The van der Waals surface area contributed by atoms with Crippen molar-refractivity contribution in [1.82, 2.24) is 6.15 Å². The fourth-order valence-electron chi connectivity index (χ4n) is 0. The minimum absolute atomic E-state index is 0. The smallest absolute Gasteiger partial charge is 0.550 e. The van der Waals surface area contributed by atoms with Gasteiger partial charge in [0.15, 0.2) is 0 Å². The van der Waals surface area contributed by atoms with Crippen LogP contribution in [0, 0.1) is 0 Å². The number of hydrogen-bond donors (Lipinski definition) is 5. The third kappa shape index (κ3) is 11600. The van der Waals surface area contributed by atoms with Gasteiger partial charge in [0.2, 0.25) is 0 Å². The topological polar surface area (TPSA) is 305 Å². The van der Waals surface area contributed by atoms with E-state index in [9.17, 15) is 0 Å². The van der Waals surface area contributed by atoms with Gasteiger partial charge in [-0.2, -0.15) is 0 Å². The van der Waals surface area contributed by atoms with Crippen LogP contribution in [0.3, 0.4) is 0 Å². The van der Waals surface area contributed by atoms with Crippen LogP contribution >= 0.6 is 0 Å². The summed E-state index contributed by atoms with van der Waals surface area (Å²) in [5, 5.41) is 32.6. The maximum Gasteiger partial charge on any atom is 2.00 e. The molecule has 0 atom stereocenters. The van der Waals surface area contributed by atoms with Crippen LogP contribution in [0.4, 0.5) is 0 Å². The molecule has 0 aromatic heterocycles. The van der Waals surface area contributed by atoms with Crippen molar-refractivity contribution in [2.45, 2.75) is 27.7 Å². The van der Waals surface area contributed by atoms with E-state index in [1.807, 2.05) is 0 Å². The zero-order chi connectivity index (χ0) is 17.7. The molecule has 0 rings (SSSR count). The average Bonchev–Trinajstić information content (AvgIpc) is 2.13. The molecule has 0 aliphatic carbocycles. The molecule has 0 unspecified atom stereocenters. The Kier molecular flexibility index (Phi) is 139. The van der Waals surface area contributed by atoms with Gasteiger partial charge in [-0.1, -0.05) is 0 Å². The van der Waals surface area contributed by atoms with E-state index in [2.05, 4.69) is 0 Å². The van der Waals surface area contributed by atoms with Crippen LogP contribution in [0.15, 0.2) is 0 Å². The van der Waals surface area contributed by atoms with Crippen LogP contribution in [0.2, 0.25) is 0 Å². The second-order valence-electron chi connectivity index (χ2n) is 2.60. The average molecular weight is 407 g/mol. The third-order valence-corrected chi connectivity index (χ3v) is 0.167. The molecular formula is C10H29FeN3O10. The molecule has 0 amide bonds. The fraction of sp³-hybridized carbons (Fsp3) is 0.600. The largest absolute Gasteiger partial charge is 2.00 e. The second-order valence-corrected chi connectivity index (χ2v) is 2.60. The molecule has 14 heteroatoms. The summed E-state index contributed by atoms with van der Waals surface area (Å²) in [5.41, 5.74) is 9.81. The van der Waals surface area contributed by atoms with Gasteiger partial charge >= 0.3 is 17.1 Å². The number of carboxylic acid groups (broad SMARTS) is 4. The van der Waals surface area contributed by atoms with Crippen LogP contribution in [0.25, 0.3) is 0 Å². The molecule has 0 saturated heterocycles. The van der Waals surface area contributed by atoms with Gasteiger partial charge in [-0.25, -0.2) is 0 Å². The molecule has 0 bridgehead atoms. The maximum absolute atomic E-state index is 9.00. The maximum atomic E-state index is 9.00. The molecule has 0 aliphatic heterocycles. The van der Waals surface area contributed by atoms with Crippen LogP contribution < -0.4 is 27.8 Å². The number of nitrogens with two attached hydrogens (primary N) is 2. The van der Waals surface area contributed by atoms with Crippen molar-refractivity contribution in [3.63, 3.8) is 0 Å². The summed E-state index contributed by atoms with van der Waals surface area (Å²) in [4.78, 5) is 35.8. The molecule has 0 aliphatic rings. The minimum Gasteiger partial charge on any atom is -0.550 e. The molecule has 0 heterocycles. The Balaban J connectivity index is -0.0000000161. The van der Waals surface area contributed by atoms with Crippen LogP contribution in [-0.4, -0.2) is 58.1 Å². The Hall–Kier alpha value is -1.80. The Bertz CT molecular complexity index is 201. The molecule has 0 radical (unpaired) electrons. The van der Waals surface area contributed by atoms with E-state index < -0.39 is 23.9 Å². The summed E-state index contributed by atoms with van der Waals surface area (Å²) in [6.45, 7) is 5.31. The first kappa shape index (κ1) is 57.3. The van der Waals surface area contributed by atoms with Crippen LogP contribution in [0.5, 0.6) is 0 Å². The number of carbonyl (C=O) groups is 4. The van der Waals surface area contributed by atoms with Gasteiger partial charge in [-0.05, 0) is 13.8 Å². The molecule has 13 nitrogen and oxygen atoms in total. The van der Waals surface area contributed by atoms with E-state index in [1.54, 1.807) is 0 Å². The summed E-state index contributed by atoms with van der Waals surface area (Å²) in [5.74, 6) is -3.83. The molecular weight excluding hydrogens is 378 g/mol. The molecule has 0 fully saturated rings. The zero-order valence-electron chi connectivity index (χ0n) is 14.0. The molecule has 13 N–H and O–H groups in total. The molecule has 0 aromatic rings. The fourth-order valence-corrected chi connectivity index (χ4v) is 0. The first-order chi connectivity index (χ1) is 8.84. The van der Waals surface area contributed by atoms with Gasteiger partial charge < -0.3 is 58.6 Å². The number of hydrogen-bond acceptors (Lipinski definition) is 9. The number of carbonyl (C=O) groups excluding carboxylic acids is 2. The van der Waals surface area contributed by atoms with Crippen molar-refractivity contribution in [3.05, 3.63) is 0 Å². The third-order valence-electron chi connectivity index (χ3n) is 0.167. The van der Waals surface area contributed by atoms with Crippen LogP contribution in [-0.2, 0) is 36.2 Å². The van der Waals surface area contributed by atoms with Gasteiger partial charge in [0.25, 0.3) is 11.9 Å². The van der Waals surface area contributed by atoms with Gasteiger partial charge in [0.1, 0.15) is 0 Å². The van der Waals surface area contributed by atoms with Crippen molar-refractivity contribution < 1.29 is 67.6 Å².